The number of carbonyl (C=O) groups excluding carboxylic acids is 2. The van der Waals surface area contributed by atoms with Gasteiger partial charge in [-0.25, -0.2) is 0 Å². The average Bonchev–Trinajstić information content (AvgIpc) is 1.93. The quantitative estimate of drug-likeness (QED) is 0.819. The molecule has 0 heterocycles. The Morgan fingerprint density at radius 1 is 1.19 bits per heavy atom. The molecule has 0 bridgehead atoms. The van der Waals surface area contributed by atoms with Gasteiger partial charge in [0.2, 0.25) is 5.91 Å². The van der Waals surface area contributed by atoms with Crippen LogP contribution < -0.4 is 5.32 Å². The molecule has 0 aromatic heterocycles. The Morgan fingerprint density at radius 2 is 1.62 bits per heavy atom. The van der Waals surface area contributed by atoms with Gasteiger partial charge >= 0.3 is 6.18 Å². The molecule has 0 fully saturated rings. The van der Waals surface area contributed by atoms with Gasteiger partial charge in [0.15, 0.2) is 5.78 Å². The van der Waals surface area contributed by atoms with Crippen molar-refractivity contribution in [2.45, 2.75) is 46.3 Å². The Kier molecular flexibility index (Phi) is 4.52. The Balaban J connectivity index is 4.56. The van der Waals surface area contributed by atoms with Gasteiger partial charge in [-0.3, -0.25) is 9.59 Å². The standard InChI is InChI=1S/C10H16F3NO2/c1-6(15)8(9(2,3)4)14-7(16)5-10(11,12)13/h8H,5H2,1-4H3,(H,14,16). The molecule has 0 aliphatic carbocycles. The first-order chi connectivity index (χ1) is 6.93. The molecule has 1 unspecified atom stereocenters. The lowest BCUT2D eigenvalue weighted by Gasteiger charge is -2.29. The zero-order valence-corrected chi connectivity index (χ0v) is 9.73. The van der Waals surface area contributed by atoms with Crippen LogP contribution in [-0.2, 0) is 9.59 Å². The third kappa shape index (κ3) is 5.72. The maximum Gasteiger partial charge on any atom is 0.397 e. The highest BCUT2D eigenvalue weighted by Crippen LogP contribution is 2.22. The summed E-state index contributed by atoms with van der Waals surface area (Å²) in [5, 5.41) is 2.10. The average molecular weight is 239 g/mol. The molecule has 94 valence electrons. The zero-order chi connectivity index (χ0) is 13.1. The van der Waals surface area contributed by atoms with Crippen LogP contribution in [0.3, 0.4) is 0 Å². The smallest absolute Gasteiger partial charge is 0.345 e. The van der Waals surface area contributed by atoms with Crippen LogP contribution in [0, 0.1) is 5.41 Å². The zero-order valence-electron chi connectivity index (χ0n) is 9.73. The SMILES string of the molecule is CC(=O)C(NC(=O)CC(F)(F)F)C(C)(C)C. The van der Waals surface area contributed by atoms with Crippen molar-refractivity contribution in [1.82, 2.24) is 5.32 Å². The molecular formula is C10H16F3NO2. The molecule has 1 N–H and O–H groups in total. The molecule has 0 radical (unpaired) electrons. The van der Waals surface area contributed by atoms with Crippen molar-refractivity contribution in [3.05, 3.63) is 0 Å². The molecule has 0 aromatic rings. The fourth-order valence-electron chi connectivity index (χ4n) is 1.32. The van der Waals surface area contributed by atoms with Crippen molar-refractivity contribution < 1.29 is 22.8 Å². The lowest BCUT2D eigenvalue weighted by molar-refractivity contribution is -0.155. The van der Waals surface area contributed by atoms with Crippen LogP contribution in [0.1, 0.15) is 34.1 Å². The number of halogens is 3. The molecule has 0 saturated carbocycles. The van der Waals surface area contributed by atoms with Gasteiger partial charge in [0.25, 0.3) is 0 Å². The maximum atomic E-state index is 11.9. The maximum absolute atomic E-state index is 11.9. The molecule has 6 heteroatoms. The summed E-state index contributed by atoms with van der Waals surface area (Å²) in [6.45, 7) is 6.26. The van der Waals surface area contributed by atoms with Gasteiger partial charge in [0, 0.05) is 0 Å². The van der Waals surface area contributed by atoms with E-state index in [9.17, 15) is 22.8 Å². The number of ketones is 1. The van der Waals surface area contributed by atoms with Crippen molar-refractivity contribution in [3.8, 4) is 0 Å². The van der Waals surface area contributed by atoms with Gasteiger partial charge in [0.1, 0.15) is 6.42 Å². The van der Waals surface area contributed by atoms with Crippen molar-refractivity contribution in [2.24, 2.45) is 5.41 Å². The third-order valence-corrected chi connectivity index (χ3v) is 1.94. The minimum absolute atomic E-state index is 0.358. The Hall–Kier alpha value is -1.07. The highest BCUT2D eigenvalue weighted by Gasteiger charge is 2.35. The predicted molar refractivity (Wildman–Crippen MR) is 52.7 cm³/mol. The van der Waals surface area contributed by atoms with E-state index in [4.69, 9.17) is 0 Å². The second-order valence-electron chi connectivity index (χ2n) is 4.77. The number of carbonyl (C=O) groups is 2. The number of alkyl halides is 3. The van der Waals surface area contributed by atoms with Crippen LogP contribution in [0.2, 0.25) is 0 Å². The topological polar surface area (TPSA) is 46.2 Å². The summed E-state index contributed by atoms with van der Waals surface area (Å²) in [4.78, 5) is 22.2. The largest absolute Gasteiger partial charge is 0.397 e. The molecule has 0 saturated heterocycles. The molecule has 0 aliphatic rings. The molecule has 1 amide bonds. The molecule has 16 heavy (non-hydrogen) atoms. The summed E-state index contributed by atoms with van der Waals surface area (Å²) in [6, 6.07) is -0.901. The summed E-state index contributed by atoms with van der Waals surface area (Å²) in [7, 11) is 0. The van der Waals surface area contributed by atoms with Gasteiger partial charge in [-0.1, -0.05) is 20.8 Å². The van der Waals surface area contributed by atoms with E-state index in [1.54, 1.807) is 20.8 Å². The Morgan fingerprint density at radius 3 is 1.88 bits per heavy atom. The van der Waals surface area contributed by atoms with E-state index in [0.717, 1.165) is 0 Å². The first-order valence-corrected chi connectivity index (χ1v) is 4.80. The highest BCUT2D eigenvalue weighted by molar-refractivity contribution is 5.88. The second kappa shape index (κ2) is 4.84. The van der Waals surface area contributed by atoms with Crippen molar-refractivity contribution in [3.63, 3.8) is 0 Å². The van der Waals surface area contributed by atoms with Crippen LogP contribution >= 0.6 is 0 Å². The van der Waals surface area contributed by atoms with E-state index in [-0.39, 0.29) is 5.78 Å². The molecule has 3 nitrogen and oxygen atoms in total. The second-order valence-corrected chi connectivity index (χ2v) is 4.77. The minimum Gasteiger partial charge on any atom is -0.345 e. The number of hydrogen-bond donors (Lipinski definition) is 1. The molecular weight excluding hydrogens is 223 g/mol. The number of Topliss-reactive ketones (excluding diaryl/α,β-unsaturated/α-hetero) is 1. The van der Waals surface area contributed by atoms with Crippen LogP contribution in [0.25, 0.3) is 0 Å². The van der Waals surface area contributed by atoms with Gasteiger partial charge in [-0.05, 0) is 12.3 Å². The molecule has 0 rings (SSSR count). The summed E-state index contributed by atoms with van der Waals surface area (Å²) in [6.07, 6.45) is -6.11. The Labute approximate surface area is 92.4 Å². The number of nitrogens with one attached hydrogen (secondary N) is 1. The molecule has 0 aliphatic heterocycles. The monoisotopic (exact) mass is 239 g/mol. The van der Waals surface area contributed by atoms with E-state index in [0.29, 0.717) is 0 Å². The summed E-state index contributed by atoms with van der Waals surface area (Å²) in [5.74, 6) is -1.54. The first-order valence-electron chi connectivity index (χ1n) is 4.80. The first kappa shape index (κ1) is 14.9. The summed E-state index contributed by atoms with van der Waals surface area (Å²) >= 11 is 0. The van der Waals surface area contributed by atoms with Crippen molar-refractivity contribution >= 4 is 11.7 Å². The van der Waals surface area contributed by atoms with E-state index in [1.165, 1.54) is 6.92 Å². The predicted octanol–water partition coefficient (Wildman–Crippen LogP) is 2.06. The lowest BCUT2D eigenvalue weighted by atomic mass is 9.84. The molecule has 0 spiro atoms. The van der Waals surface area contributed by atoms with Crippen molar-refractivity contribution in [1.29, 1.82) is 0 Å². The van der Waals surface area contributed by atoms with E-state index in [2.05, 4.69) is 5.32 Å². The fourth-order valence-corrected chi connectivity index (χ4v) is 1.32. The molecule has 0 aromatic carbocycles. The minimum atomic E-state index is -4.55. The van der Waals surface area contributed by atoms with E-state index in [1.807, 2.05) is 0 Å². The number of amides is 1. The summed E-state index contributed by atoms with van der Waals surface area (Å²) in [5.41, 5.74) is -0.604. The highest BCUT2D eigenvalue weighted by atomic mass is 19.4. The van der Waals surface area contributed by atoms with Gasteiger partial charge in [-0.15, -0.1) is 0 Å². The van der Waals surface area contributed by atoms with Crippen LogP contribution in [-0.4, -0.2) is 23.9 Å². The Bertz CT molecular complexity index is 279. The number of hydrogen-bond acceptors (Lipinski definition) is 2. The van der Waals surface area contributed by atoms with Gasteiger partial charge < -0.3 is 5.32 Å². The third-order valence-electron chi connectivity index (χ3n) is 1.94. The fraction of sp³-hybridized carbons (Fsp3) is 0.800. The normalized spacial score (nSPS) is 14.4. The van der Waals surface area contributed by atoms with Crippen molar-refractivity contribution in [2.75, 3.05) is 0 Å². The molecule has 1 atom stereocenters. The lowest BCUT2D eigenvalue weighted by Crippen LogP contribution is -2.49. The van der Waals surface area contributed by atoms with E-state index >= 15 is 0 Å². The van der Waals surface area contributed by atoms with Gasteiger partial charge in [0.05, 0.1) is 6.04 Å². The van der Waals surface area contributed by atoms with Gasteiger partial charge in [-0.2, -0.15) is 13.2 Å². The van der Waals surface area contributed by atoms with Crippen LogP contribution in [0.4, 0.5) is 13.2 Å². The van der Waals surface area contributed by atoms with Crippen LogP contribution in [0.15, 0.2) is 0 Å². The number of rotatable bonds is 3. The summed E-state index contributed by atoms with van der Waals surface area (Å²) < 4.78 is 35.7. The van der Waals surface area contributed by atoms with Crippen LogP contribution in [0.5, 0.6) is 0 Å². The van der Waals surface area contributed by atoms with E-state index < -0.39 is 30.0 Å².